The van der Waals surface area contributed by atoms with Crippen LogP contribution in [0.3, 0.4) is 0 Å². The van der Waals surface area contributed by atoms with Crippen molar-refractivity contribution in [3.63, 3.8) is 0 Å². The Morgan fingerprint density at radius 1 is 1.00 bits per heavy atom. The number of nitrogens with one attached hydrogen (secondary N) is 1. The van der Waals surface area contributed by atoms with Crippen LogP contribution in [0.4, 0.5) is 4.79 Å². The van der Waals surface area contributed by atoms with Gasteiger partial charge in [-0.3, -0.25) is 4.79 Å². The molecule has 0 radical (unpaired) electrons. The predicted octanol–water partition coefficient (Wildman–Crippen LogP) is 4.80. The molecule has 0 saturated carbocycles. The summed E-state index contributed by atoms with van der Waals surface area (Å²) >= 11 is 0. The highest BCUT2D eigenvalue weighted by Crippen LogP contribution is 2.44. The van der Waals surface area contributed by atoms with E-state index in [2.05, 4.69) is 17.4 Å². The third-order valence-corrected chi connectivity index (χ3v) is 7.04. The Morgan fingerprint density at radius 3 is 2.17 bits per heavy atom. The molecule has 0 bridgehead atoms. The number of carbonyl (C=O) groups excluding carboxylic acids is 2. The molecule has 1 heterocycles. The van der Waals surface area contributed by atoms with E-state index in [0.29, 0.717) is 13.0 Å². The van der Waals surface area contributed by atoms with Crippen molar-refractivity contribution in [2.24, 2.45) is 5.41 Å². The lowest BCUT2D eigenvalue weighted by Gasteiger charge is -2.36. The Balaban J connectivity index is 1.48. The number of rotatable bonds is 5. The topological polar surface area (TPSA) is 95.9 Å². The third-order valence-electron chi connectivity index (χ3n) is 7.04. The van der Waals surface area contributed by atoms with E-state index < -0.39 is 29.6 Å². The van der Waals surface area contributed by atoms with Gasteiger partial charge < -0.3 is 20.1 Å². The van der Waals surface area contributed by atoms with Crippen LogP contribution < -0.4 is 5.32 Å². The molecule has 2 atom stereocenters. The first-order chi connectivity index (χ1) is 16.7. The van der Waals surface area contributed by atoms with E-state index in [-0.39, 0.29) is 18.4 Å². The summed E-state index contributed by atoms with van der Waals surface area (Å²) in [6.07, 6.45) is 2.14. The maximum atomic E-state index is 13.5. The minimum Gasteiger partial charge on any atom is -0.480 e. The zero-order valence-corrected chi connectivity index (χ0v) is 20.6. The van der Waals surface area contributed by atoms with Gasteiger partial charge in [0.2, 0.25) is 5.91 Å². The van der Waals surface area contributed by atoms with Crippen LogP contribution >= 0.6 is 0 Å². The van der Waals surface area contributed by atoms with Gasteiger partial charge >= 0.3 is 12.1 Å². The van der Waals surface area contributed by atoms with Crippen molar-refractivity contribution in [1.82, 2.24) is 10.2 Å². The predicted molar refractivity (Wildman–Crippen MR) is 133 cm³/mol. The Bertz CT molecular complexity index is 1060. The highest BCUT2D eigenvalue weighted by atomic mass is 16.5. The van der Waals surface area contributed by atoms with Crippen LogP contribution in [0.2, 0.25) is 0 Å². The lowest BCUT2D eigenvalue weighted by atomic mass is 9.85. The molecular formula is C28H34N2O5. The fraction of sp³-hybridized carbons (Fsp3) is 0.464. The highest BCUT2D eigenvalue weighted by molar-refractivity contribution is 5.90. The first kappa shape index (κ1) is 24.8. The molecule has 0 aromatic heterocycles. The molecule has 1 aliphatic carbocycles. The van der Waals surface area contributed by atoms with Crippen molar-refractivity contribution in [3.8, 4) is 11.1 Å². The number of benzene rings is 2. The fourth-order valence-corrected chi connectivity index (χ4v) is 5.20. The van der Waals surface area contributed by atoms with Crippen molar-refractivity contribution in [1.29, 1.82) is 0 Å². The van der Waals surface area contributed by atoms with Crippen LogP contribution in [0.15, 0.2) is 48.5 Å². The van der Waals surface area contributed by atoms with Crippen LogP contribution in [0.5, 0.6) is 0 Å². The molecule has 2 aromatic carbocycles. The number of fused-ring (bicyclic) bond motifs is 3. The van der Waals surface area contributed by atoms with Crippen molar-refractivity contribution in [2.75, 3.05) is 13.2 Å². The number of amides is 2. The van der Waals surface area contributed by atoms with Crippen LogP contribution in [-0.2, 0) is 14.3 Å². The van der Waals surface area contributed by atoms with Gasteiger partial charge in [0.25, 0.3) is 0 Å². The Hall–Kier alpha value is -3.35. The van der Waals surface area contributed by atoms with Crippen molar-refractivity contribution in [2.45, 2.75) is 64.5 Å². The van der Waals surface area contributed by atoms with Crippen LogP contribution in [0, 0.1) is 5.41 Å². The fourth-order valence-electron chi connectivity index (χ4n) is 5.20. The van der Waals surface area contributed by atoms with Crippen molar-refractivity contribution in [3.05, 3.63) is 59.7 Å². The van der Waals surface area contributed by atoms with E-state index in [4.69, 9.17) is 4.74 Å². The zero-order chi connectivity index (χ0) is 25.2. The van der Waals surface area contributed by atoms with Crippen LogP contribution in [-0.4, -0.2) is 53.2 Å². The van der Waals surface area contributed by atoms with E-state index in [1.54, 1.807) is 0 Å². The molecule has 2 aromatic rings. The minimum absolute atomic E-state index is 0.0843. The normalized spacial score (nSPS) is 18.7. The van der Waals surface area contributed by atoms with E-state index in [9.17, 15) is 19.5 Å². The molecule has 0 spiro atoms. The summed E-state index contributed by atoms with van der Waals surface area (Å²) in [6.45, 7) is 6.08. The van der Waals surface area contributed by atoms with Gasteiger partial charge in [-0.05, 0) is 40.5 Å². The molecule has 2 N–H and O–H groups in total. The van der Waals surface area contributed by atoms with Gasteiger partial charge in [-0.15, -0.1) is 0 Å². The summed E-state index contributed by atoms with van der Waals surface area (Å²) in [5.74, 6) is -1.46. The van der Waals surface area contributed by atoms with Gasteiger partial charge in [0.1, 0.15) is 18.7 Å². The number of carbonyl (C=O) groups is 3. The first-order valence-corrected chi connectivity index (χ1v) is 12.3. The molecule has 186 valence electrons. The average molecular weight is 479 g/mol. The summed E-state index contributed by atoms with van der Waals surface area (Å²) in [5.41, 5.74) is 3.87. The molecule has 1 saturated heterocycles. The van der Waals surface area contributed by atoms with Gasteiger partial charge in [0, 0.05) is 12.5 Å². The number of carboxylic acid groups (broad SMARTS) is 1. The number of hydrogen-bond acceptors (Lipinski definition) is 4. The standard InChI is InChI=1S/C28H34N2O5/c1-28(2,3)24(25(31)30-16-10-4-5-15-23(30)26(32)33)29-27(34)35-17-22-20-13-8-6-11-18(20)19-12-7-9-14-21(19)22/h6-9,11-14,22-24H,4-5,10,15-17H2,1-3H3,(H,29,34)(H,32,33)/t23?,24-/m1/s1. The molecule has 35 heavy (non-hydrogen) atoms. The maximum absolute atomic E-state index is 13.5. The van der Waals surface area contributed by atoms with Crippen molar-refractivity contribution < 1.29 is 24.2 Å². The Morgan fingerprint density at radius 2 is 1.60 bits per heavy atom. The lowest BCUT2D eigenvalue weighted by molar-refractivity contribution is -0.152. The first-order valence-electron chi connectivity index (χ1n) is 12.3. The summed E-state index contributed by atoms with van der Waals surface area (Å²) in [7, 11) is 0. The number of ether oxygens (including phenoxy) is 1. The molecule has 1 unspecified atom stereocenters. The molecule has 1 aliphatic heterocycles. The van der Waals surface area contributed by atoms with E-state index >= 15 is 0 Å². The summed E-state index contributed by atoms with van der Waals surface area (Å²) in [4.78, 5) is 39.7. The molecule has 1 fully saturated rings. The maximum Gasteiger partial charge on any atom is 0.407 e. The Labute approximate surface area is 206 Å². The minimum atomic E-state index is -1.01. The molecule has 2 amide bonds. The van der Waals surface area contributed by atoms with E-state index in [0.717, 1.165) is 41.5 Å². The van der Waals surface area contributed by atoms with Gasteiger partial charge in [-0.2, -0.15) is 0 Å². The van der Waals surface area contributed by atoms with E-state index in [1.807, 2.05) is 57.2 Å². The number of nitrogens with zero attached hydrogens (tertiary/aromatic N) is 1. The molecule has 4 rings (SSSR count). The molecule has 7 heteroatoms. The molecular weight excluding hydrogens is 444 g/mol. The molecule has 2 aliphatic rings. The average Bonchev–Trinajstić information content (AvgIpc) is 2.95. The second-order valence-electron chi connectivity index (χ2n) is 10.5. The number of alkyl carbamates (subject to hydrolysis) is 1. The zero-order valence-electron chi connectivity index (χ0n) is 20.6. The monoisotopic (exact) mass is 478 g/mol. The van der Waals surface area contributed by atoms with Gasteiger partial charge in [0.15, 0.2) is 0 Å². The largest absolute Gasteiger partial charge is 0.480 e. The lowest BCUT2D eigenvalue weighted by Crippen LogP contribution is -2.58. The SMILES string of the molecule is CC(C)(C)[C@H](NC(=O)OCC1c2ccccc2-c2ccccc21)C(=O)N1CCCCCC1C(=O)O. The quantitative estimate of drug-likeness (QED) is 0.644. The van der Waals surface area contributed by atoms with Gasteiger partial charge in [-0.25, -0.2) is 9.59 Å². The summed E-state index contributed by atoms with van der Waals surface area (Å²) < 4.78 is 5.66. The van der Waals surface area contributed by atoms with Gasteiger partial charge in [0.05, 0.1) is 0 Å². The number of hydrogen-bond donors (Lipinski definition) is 2. The van der Waals surface area contributed by atoms with E-state index in [1.165, 1.54) is 4.90 Å². The third kappa shape index (κ3) is 5.19. The second kappa shape index (κ2) is 10.1. The second-order valence-corrected chi connectivity index (χ2v) is 10.5. The summed E-state index contributed by atoms with van der Waals surface area (Å²) in [6, 6.07) is 14.4. The van der Waals surface area contributed by atoms with Crippen molar-refractivity contribution >= 4 is 18.0 Å². The van der Waals surface area contributed by atoms with Crippen LogP contribution in [0.1, 0.15) is 63.5 Å². The smallest absolute Gasteiger partial charge is 0.407 e. The van der Waals surface area contributed by atoms with Gasteiger partial charge in [-0.1, -0.05) is 82.1 Å². The van der Waals surface area contributed by atoms with Crippen LogP contribution in [0.25, 0.3) is 11.1 Å². The number of carboxylic acids is 1. The Kier molecular flexibility index (Phi) is 7.15. The highest BCUT2D eigenvalue weighted by Gasteiger charge is 2.40. The number of likely N-dealkylation sites (tertiary alicyclic amines) is 1. The molecule has 7 nitrogen and oxygen atoms in total. The summed E-state index contributed by atoms with van der Waals surface area (Å²) in [5, 5.41) is 12.5. The number of aliphatic carboxylic acids is 1.